The van der Waals surface area contributed by atoms with Crippen molar-refractivity contribution in [2.24, 2.45) is 7.05 Å². The molecule has 0 aliphatic carbocycles. The summed E-state index contributed by atoms with van der Waals surface area (Å²) in [7, 11) is 1.71. The lowest BCUT2D eigenvalue weighted by Crippen LogP contribution is -1.91. The fraction of sp³-hybridized carbons (Fsp3) is 0.143. The molecule has 13 heavy (non-hydrogen) atoms. The van der Waals surface area contributed by atoms with Gasteiger partial charge in [-0.1, -0.05) is 11.6 Å². The molecule has 0 aromatic carbocycles. The zero-order valence-corrected chi connectivity index (χ0v) is 7.60. The minimum Gasteiger partial charge on any atom is -0.245 e. The molecule has 0 amide bonds. The van der Waals surface area contributed by atoms with Crippen molar-refractivity contribution in [3.8, 4) is 11.4 Å². The van der Waals surface area contributed by atoms with Crippen LogP contribution in [0.15, 0.2) is 18.3 Å². The Morgan fingerprint density at radius 1 is 1.46 bits per heavy atom. The van der Waals surface area contributed by atoms with E-state index in [1.54, 1.807) is 25.4 Å². The third kappa shape index (κ3) is 1.65. The van der Waals surface area contributed by atoms with E-state index in [2.05, 4.69) is 20.4 Å². The van der Waals surface area contributed by atoms with Gasteiger partial charge in [-0.05, 0) is 17.3 Å². The van der Waals surface area contributed by atoms with Crippen LogP contribution in [0.3, 0.4) is 0 Å². The van der Waals surface area contributed by atoms with Gasteiger partial charge in [-0.15, -0.1) is 10.2 Å². The lowest BCUT2D eigenvalue weighted by molar-refractivity contribution is 0.630. The molecule has 2 heterocycles. The Bertz CT molecular complexity index is 424. The Balaban J connectivity index is 2.46. The average Bonchev–Trinajstić information content (AvgIpc) is 2.52. The van der Waals surface area contributed by atoms with Crippen molar-refractivity contribution in [2.45, 2.75) is 0 Å². The number of hydrogen-bond donors (Lipinski definition) is 0. The van der Waals surface area contributed by atoms with Crippen molar-refractivity contribution in [3.05, 3.63) is 23.5 Å². The Labute approximate surface area is 79.4 Å². The molecule has 0 N–H and O–H groups in total. The van der Waals surface area contributed by atoms with E-state index in [9.17, 15) is 0 Å². The highest BCUT2D eigenvalue weighted by atomic mass is 35.5. The van der Waals surface area contributed by atoms with Crippen LogP contribution >= 0.6 is 11.6 Å². The van der Waals surface area contributed by atoms with Crippen LogP contribution < -0.4 is 0 Å². The number of aryl methyl sites for hydroxylation is 1. The number of rotatable bonds is 1. The summed E-state index contributed by atoms with van der Waals surface area (Å²) in [6.07, 6.45) is 1.61. The molecule has 0 fully saturated rings. The second kappa shape index (κ2) is 3.10. The monoisotopic (exact) mass is 195 g/mol. The molecule has 0 aliphatic heterocycles. The van der Waals surface area contributed by atoms with Gasteiger partial charge in [0, 0.05) is 11.8 Å². The second-order valence-electron chi connectivity index (χ2n) is 2.47. The van der Waals surface area contributed by atoms with E-state index in [0.29, 0.717) is 11.0 Å². The fourth-order valence-electron chi connectivity index (χ4n) is 0.941. The number of aromatic nitrogens is 5. The second-order valence-corrected chi connectivity index (χ2v) is 2.86. The Hall–Kier alpha value is -1.49. The summed E-state index contributed by atoms with van der Waals surface area (Å²) in [6, 6.07) is 3.47. The fourth-order valence-corrected chi connectivity index (χ4v) is 1.12. The molecule has 0 saturated heterocycles. The van der Waals surface area contributed by atoms with Crippen LogP contribution in [0.5, 0.6) is 0 Å². The van der Waals surface area contributed by atoms with Crippen LogP contribution in [0.25, 0.3) is 11.4 Å². The molecule has 0 bridgehead atoms. The first-order valence-electron chi connectivity index (χ1n) is 3.61. The van der Waals surface area contributed by atoms with Crippen LogP contribution in [0.1, 0.15) is 0 Å². The van der Waals surface area contributed by atoms with Crippen molar-refractivity contribution in [1.82, 2.24) is 25.2 Å². The van der Waals surface area contributed by atoms with Crippen molar-refractivity contribution in [2.75, 3.05) is 0 Å². The zero-order chi connectivity index (χ0) is 9.26. The minimum atomic E-state index is 0.421. The molecule has 2 aromatic heterocycles. The number of halogens is 1. The quantitative estimate of drug-likeness (QED) is 0.636. The molecule has 0 unspecified atom stereocenters. The van der Waals surface area contributed by atoms with Crippen LogP contribution in [0.4, 0.5) is 0 Å². The highest BCUT2D eigenvalue weighted by Crippen LogP contribution is 2.15. The van der Waals surface area contributed by atoms with Gasteiger partial charge in [-0.25, -0.2) is 4.98 Å². The lowest BCUT2D eigenvalue weighted by atomic mass is 10.3. The van der Waals surface area contributed by atoms with Gasteiger partial charge in [0.25, 0.3) is 0 Å². The molecule has 6 heteroatoms. The molecular weight excluding hydrogens is 190 g/mol. The third-order valence-corrected chi connectivity index (χ3v) is 1.70. The molecule has 5 nitrogen and oxygen atoms in total. The third-order valence-electron chi connectivity index (χ3n) is 1.49. The molecular formula is C7H6ClN5. The summed E-state index contributed by atoms with van der Waals surface area (Å²) >= 11 is 5.71. The van der Waals surface area contributed by atoms with E-state index in [4.69, 9.17) is 11.6 Å². The maximum Gasteiger partial charge on any atom is 0.205 e. The van der Waals surface area contributed by atoms with Gasteiger partial charge in [0.15, 0.2) is 0 Å². The first-order chi connectivity index (χ1) is 6.25. The molecule has 2 aromatic rings. The highest BCUT2D eigenvalue weighted by Gasteiger charge is 2.04. The molecule has 0 aliphatic rings. The first-order valence-corrected chi connectivity index (χ1v) is 3.99. The predicted molar refractivity (Wildman–Crippen MR) is 47.0 cm³/mol. The Morgan fingerprint density at radius 3 is 2.92 bits per heavy atom. The van der Waals surface area contributed by atoms with Crippen LogP contribution in [0.2, 0.25) is 5.15 Å². The molecule has 66 valence electrons. The summed E-state index contributed by atoms with van der Waals surface area (Å²) in [5.41, 5.74) is 0.813. The molecule has 0 radical (unpaired) electrons. The van der Waals surface area contributed by atoms with Crippen molar-refractivity contribution < 1.29 is 0 Å². The van der Waals surface area contributed by atoms with Gasteiger partial charge in [-0.3, -0.25) is 0 Å². The number of nitrogens with zero attached hydrogens (tertiary/aromatic N) is 5. The topological polar surface area (TPSA) is 56.5 Å². The van der Waals surface area contributed by atoms with E-state index in [-0.39, 0.29) is 0 Å². The van der Waals surface area contributed by atoms with Crippen LogP contribution in [0, 0.1) is 0 Å². The van der Waals surface area contributed by atoms with Gasteiger partial charge in [0.1, 0.15) is 5.15 Å². The van der Waals surface area contributed by atoms with Crippen molar-refractivity contribution in [3.63, 3.8) is 0 Å². The summed E-state index contributed by atoms with van der Waals surface area (Å²) in [6.45, 7) is 0. The van der Waals surface area contributed by atoms with Gasteiger partial charge < -0.3 is 0 Å². The van der Waals surface area contributed by atoms with E-state index < -0.39 is 0 Å². The smallest absolute Gasteiger partial charge is 0.205 e. The van der Waals surface area contributed by atoms with Crippen LogP contribution in [-0.4, -0.2) is 25.2 Å². The maximum absolute atomic E-state index is 5.71. The van der Waals surface area contributed by atoms with Gasteiger partial charge in [0.05, 0.1) is 7.05 Å². The van der Waals surface area contributed by atoms with E-state index in [1.165, 1.54) is 4.80 Å². The largest absolute Gasteiger partial charge is 0.245 e. The number of pyridine rings is 1. The Morgan fingerprint density at radius 2 is 2.31 bits per heavy atom. The van der Waals surface area contributed by atoms with Crippen molar-refractivity contribution in [1.29, 1.82) is 0 Å². The average molecular weight is 196 g/mol. The van der Waals surface area contributed by atoms with E-state index in [1.807, 2.05) is 0 Å². The normalized spacial score (nSPS) is 10.3. The number of hydrogen-bond acceptors (Lipinski definition) is 4. The summed E-state index contributed by atoms with van der Waals surface area (Å²) in [5, 5.41) is 12.0. The zero-order valence-electron chi connectivity index (χ0n) is 6.85. The first kappa shape index (κ1) is 8.12. The van der Waals surface area contributed by atoms with E-state index >= 15 is 0 Å². The molecule has 0 atom stereocenters. The highest BCUT2D eigenvalue weighted by molar-refractivity contribution is 6.29. The lowest BCUT2D eigenvalue weighted by Gasteiger charge is -1.92. The molecule has 0 spiro atoms. The predicted octanol–water partition coefficient (Wildman–Crippen LogP) is 0.925. The SMILES string of the molecule is Cn1nnc(-c2ccnc(Cl)c2)n1. The maximum atomic E-state index is 5.71. The molecule has 2 rings (SSSR count). The number of tetrazole rings is 1. The van der Waals surface area contributed by atoms with Crippen molar-refractivity contribution >= 4 is 11.6 Å². The van der Waals surface area contributed by atoms with Gasteiger partial charge in [-0.2, -0.15) is 4.80 Å². The van der Waals surface area contributed by atoms with E-state index in [0.717, 1.165) is 5.56 Å². The van der Waals surface area contributed by atoms with Gasteiger partial charge in [0.2, 0.25) is 5.82 Å². The standard InChI is InChI=1S/C7H6ClN5/c1-13-11-7(10-12-13)5-2-3-9-6(8)4-5/h2-4H,1H3. The Kier molecular flexibility index (Phi) is 1.94. The van der Waals surface area contributed by atoms with Gasteiger partial charge >= 0.3 is 0 Å². The molecule has 0 saturated carbocycles. The summed E-state index contributed by atoms with van der Waals surface area (Å²) < 4.78 is 0. The summed E-state index contributed by atoms with van der Waals surface area (Å²) in [4.78, 5) is 5.25. The van der Waals surface area contributed by atoms with Crippen LogP contribution in [-0.2, 0) is 7.05 Å². The summed E-state index contributed by atoms with van der Waals surface area (Å²) in [5.74, 6) is 0.548. The minimum absolute atomic E-state index is 0.421.